The summed E-state index contributed by atoms with van der Waals surface area (Å²) < 4.78 is 6.60. The maximum atomic E-state index is 12.8. The minimum atomic E-state index is -0.0381. The number of anilines is 1. The molecule has 0 saturated carbocycles. The fraction of sp³-hybridized carbons (Fsp3) is 0.250. The number of hydrogen-bond acceptors (Lipinski definition) is 3. The normalized spacial score (nSPS) is 10.8. The molecule has 3 rings (SSSR count). The number of thiophene rings is 1. The molecule has 0 aliphatic rings. The van der Waals surface area contributed by atoms with Crippen molar-refractivity contribution in [2.45, 2.75) is 26.7 Å². The van der Waals surface area contributed by atoms with Crippen LogP contribution in [-0.4, -0.2) is 12.5 Å². The number of benzene rings is 2. The van der Waals surface area contributed by atoms with E-state index in [4.69, 9.17) is 4.74 Å². The Balaban J connectivity index is 1.86. The summed E-state index contributed by atoms with van der Waals surface area (Å²) >= 11 is 1.57. The van der Waals surface area contributed by atoms with Gasteiger partial charge in [-0.3, -0.25) is 4.79 Å². The van der Waals surface area contributed by atoms with Crippen molar-refractivity contribution in [1.29, 1.82) is 0 Å². The molecule has 0 bridgehead atoms. The lowest BCUT2D eigenvalue weighted by atomic mass is 10.1. The van der Waals surface area contributed by atoms with Crippen molar-refractivity contribution >= 4 is 33.0 Å². The quantitative estimate of drug-likeness (QED) is 0.643. The largest absolute Gasteiger partial charge is 0.494 e. The number of carbonyl (C=O) groups excluding carboxylic acids is 1. The summed E-state index contributed by atoms with van der Waals surface area (Å²) in [4.78, 5) is 13.6. The Bertz CT molecular complexity index is 836. The maximum absolute atomic E-state index is 12.8. The van der Waals surface area contributed by atoms with Gasteiger partial charge in [0.2, 0.25) is 0 Å². The Morgan fingerprint density at radius 3 is 2.54 bits per heavy atom. The number of amides is 1. The third-order valence-electron chi connectivity index (χ3n) is 3.83. The van der Waals surface area contributed by atoms with Crippen LogP contribution in [0.4, 0.5) is 5.69 Å². The molecule has 4 heteroatoms. The molecule has 3 nitrogen and oxygen atoms in total. The van der Waals surface area contributed by atoms with Crippen LogP contribution in [0.25, 0.3) is 10.1 Å². The van der Waals surface area contributed by atoms with Gasteiger partial charge in [-0.2, -0.15) is 0 Å². The molecule has 24 heavy (non-hydrogen) atoms. The van der Waals surface area contributed by atoms with Crippen LogP contribution in [0.1, 0.15) is 35.5 Å². The minimum Gasteiger partial charge on any atom is -0.494 e. The smallest absolute Gasteiger partial charge is 0.266 e. The van der Waals surface area contributed by atoms with Crippen LogP contribution >= 0.6 is 11.3 Å². The van der Waals surface area contributed by atoms with Crippen LogP contribution in [0.3, 0.4) is 0 Å². The van der Waals surface area contributed by atoms with Gasteiger partial charge in [-0.1, -0.05) is 31.5 Å². The van der Waals surface area contributed by atoms with Crippen molar-refractivity contribution < 1.29 is 9.53 Å². The highest BCUT2D eigenvalue weighted by molar-refractivity contribution is 7.21. The highest BCUT2D eigenvalue weighted by atomic mass is 32.1. The molecule has 0 unspecified atom stereocenters. The number of nitrogens with one attached hydrogen (secondary N) is 1. The van der Waals surface area contributed by atoms with E-state index in [9.17, 15) is 4.79 Å². The molecule has 0 aliphatic carbocycles. The van der Waals surface area contributed by atoms with Crippen LogP contribution in [0.2, 0.25) is 0 Å². The number of aryl methyl sites for hydroxylation is 1. The van der Waals surface area contributed by atoms with Gasteiger partial charge in [0, 0.05) is 10.4 Å². The lowest BCUT2D eigenvalue weighted by molar-refractivity contribution is 0.103. The van der Waals surface area contributed by atoms with Gasteiger partial charge in [-0.25, -0.2) is 0 Å². The van der Waals surface area contributed by atoms with Crippen molar-refractivity contribution in [2.24, 2.45) is 0 Å². The zero-order chi connectivity index (χ0) is 16.9. The second-order valence-corrected chi connectivity index (χ2v) is 6.62. The van der Waals surface area contributed by atoms with Crippen LogP contribution in [0.15, 0.2) is 48.5 Å². The lowest BCUT2D eigenvalue weighted by Crippen LogP contribution is -2.12. The van der Waals surface area contributed by atoms with E-state index >= 15 is 0 Å². The highest BCUT2D eigenvalue weighted by Gasteiger charge is 2.17. The molecule has 1 heterocycles. The monoisotopic (exact) mass is 339 g/mol. The van der Waals surface area contributed by atoms with Crippen molar-refractivity contribution in [3.05, 3.63) is 59.0 Å². The van der Waals surface area contributed by atoms with Gasteiger partial charge in [0.1, 0.15) is 5.75 Å². The minimum absolute atomic E-state index is 0.0381. The van der Waals surface area contributed by atoms with Crippen molar-refractivity contribution in [3.63, 3.8) is 0 Å². The lowest BCUT2D eigenvalue weighted by Gasteiger charge is -2.07. The van der Waals surface area contributed by atoms with Gasteiger partial charge < -0.3 is 10.1 Å². The Morgan fingerprint density at radius 1 is 1.08 bits per heavy atom. The number of carbonyl (C=O) groups is 1. The first-order chi connectivity index (χ1) is 11.7. The summed E-state index contributed by atoms with van der Waals surface area (Å²) in [6, 6.07) is 15.7. The van der Waals surface area contributed by atoms with E-state index in [1.54, 1.807) is 11.3 Å². The summed E-state index contributed by atoms with van der Waals surface area (Å²) in [5.41, 5.74) is 1.94. The number of ether oxygens (including phenoxy) is 1. The summed E-state index contributed by atoms with van der Waals surface area (Å²) in [6.07, 6.45) is 1.93. The predicted octanol–water partition coefficient (Wildman–Crippen LogP) is 5.50. The standard InChI is InChI=1S/C20H21NO2S/c1-3-7-17-16-8-5-6-9-18(16)24-19(17)20(22)21-14-10-12-15(13-11-14)23-4-2/h5-6,8-13H,3-4,7H2,1-2H3,(H,21,22). The zero-order valence-electron chi connectivity index (χ0n) is 14.0. The number of hydrogen-bond donors (Lipinski definition) is 1. The van der Waals surface area contributed by atoms with Crippen molar-refractivity contribution in [1.82, 2.24) is 0 Å². The van der Waals surface area contributed by atoms with Gasteiger partial charge in [0.05, 0.1) is 11.5 Å². The van der Waals surface area contributed by atoms with Crippen LogP contribution in [0, 0.1) is 0 Å². The molecule has 0 atom stereocenters. The van der Waals surface area contributed by atoms with E-state index in [1.807, 2.05) is 43.3 Å². The predicted molar refractivity (Wildman–Crippen MR) is 101 cm³/mol. The molecule has 0 spiro atoms. The summed E-state index contributed by atoms with van der Waals surface area (Å²) in [5, 5.41) is 4.20. The Kier molecular flexibility index (Phi) is 5.16. The van der Waals surface area contributed by atoms with Crippen molar-refractivity contribution in [3.8, 4) is 5.75 Å². The first-order valence-corrected chi connectivity index (χ1v) is 9.09. The first-order valence-electron chi connectivity index (χ1n) is 8.27. The van der Waals surface area contributed by atoms with Crippen molar-refractivity contribution in [2.75, 3.05) is 11.9 Å². The van der Waals surface area contributed by atoms with Gasteiger partial charge in [0.15, 0.2) is 0 Å². The average Bonchev–Trinajstić information content (AvgIpc) is 2.96. The fourth-order valence-corrected chi connectivity index (χ4v) is 3.92. The van der Waals surface area contributed by atoms with Crippen LogP contribution in [0.5, 0.6) is 5.75 Å². The molecule has 2 aromatic carbocycles. The van der Waals surface area contributed by atoms with E-state index < -0.39 is 0 Å². The van der Waals surface area contributed by atoms with Gasteiger partial charge in [-0.15, -0.1) is 11.3 Å². The summed E-state index contributed by atoms with van der Waals surface area (Å²) in [5.74, 6) is 0.771. The fourth-order valence-electron chi connectivity index (χ4n) is 2.77. The summed E-state index contributed by atoms with van der Waals surface area (Å²) in [7, 11) is 0. The topological polar surface area (TPSA) is 38.3 Å². The van der Waals surface area contributed by atoms with Crippen LogP contribution < -0.4 is 10.1 Å². The molecule has 1 N–H and O–H groups in total. The second kappa shape index (κ2) is 7.49. The molecule has 0 aliphatic heterocycles. The molecule has 1 aromatic heterocycles. The third kappa shape index (κ3) is 3.44. The molecule has 1 amide bonds. The first kappa shape index (κ1) is 16.5. The number of fused-ring (bicyclic) bond motifs is 1. The van der Waals surface area contributed by atoms with E-state index in [0.717, 1.165) is 39.4 Å². The van der Waals surface area contributed by atoms with E-state index in [0.29, 0.717) is 6.61 Å². The van der Waals surface area contributed by atoms with Crippen LogP contribution in [-0.2, 0) is 6.42 Å². The molecule has 0 radical (unpaired) electrons. The van der Waals surface area contributed by atoms with Gasteiger partial charge in [-0.05, 0) is 54.6 Å². The Morgan fingerprint density at radius 2 is 1.83 bits per heavy atom. The zero-order valence-corrected chi connectivity index (χ0v) is 14.8. The molecular weight excluding hydrogens is 318 g/mol. The molecule has 0 fully saturated rings. The molecule has 3 aromatic rings. The van der Waals surface area contributed by atoms with Gasteiger partial charge >= 0.3 is 0 Å². The Hall–Kier alpha value is -2.33. The third-order valence-corrected chi connectivity index (χ3v) is 5.04. The maximum Gasteiger partial charge on any atom is 0.266 e. The molecular formula is C20H21NO2S. The van der Waals surface area contributed by atoms with E-state index in [-0.39, 0.29) is 5.91 Å². The van der Waals surface area contributed by atoms with E-state index in [1.165, 1.54) is 5.39 Å². The molecule has 124 valence electrons. The SMILES string of the molecule is CCCc1c(C(=O)Nc2ccc(OCC)cc2)sc2ccccc12. The highest BCUT2D eigenvalue weighted by Crippen LogP contribution is 2.32. The van der Waals surface area contributed by atoms with E-state index in [2.05, 4.69) is 24.4 Å². The Labute approximate surface area is 146 Å². The molecule has 0 saturated heterocycles. The average molecular weight is 339 g/mol. The number of rotatable bonds is 6. The van der Waals surface area contributed by atoms with Gasteiger partial charge in [0.25, 0.3) is 5.91 Å². The summed E-state index contributed by atoms with van der Waals surface area (Å²) in [6.45, 7) is 4.72. The second-order valence-electron chi connectivity index (χ2n) is 5.57.